The molecule has 2 fully saturated rings. The Labute approximate surface area is 105 Å². The highest BCUT2D eigenvalue weighted by Gasteiger charge is 2.24. The molecule has 0 aromatic rings. The van der Waals surface area contributed by atoms with Gasteiger partial charge in [-0.1, -0.05) is 0 Å². The van der Waals surface area contributed by atoms with Crippen molar-refractivity contribution in [2.45, 2.75) is 38.8 Å². The summed E-state index contributed by atoms with van der Waals surface area (Å²) < 4.78 is 5.68. The van der Waals surface area contributed by atoms with Gasteiger partial charge in [0, 0.05) is 38.3 Å². The third-order valence-electron chi connectivity index (χ3n) is 3.74. The van der Waals surface area contributed by atoms with Crippen LogP contribution < -0.4 is 5.32 Å². The fraction of sp³-hybridized carbons (Fsp3) is 1.00. The van der Waals surface area contributed by atoms with E-state index in [2.05, 4.69) is 24.1 Å². The van der Waals surface area contributed by atoms with Crippen molar-refractivity contribution >= 4 is 12.4 Å². The molecule has 1 heterocycles. The quantitative estimate of drug-likeness (QED) is 0.747. The Kier molecular flexibility index (Phi) is 6.05. The molecule has 16 heavy (non-hydrogen) atoms. The maximum absolute atomic E-state index is 5.68. The van der Waals surface area contributed by atoms with E-state index in [0.29, 0.717) is 12.1 Å². The number of rotatable bonds is 5. The number of nitrogens with zero attached hydrogens (tertiary/aromatic N) is 1. The molecule has 2 rings (SSSR count). The van der Waals surface area contributed by atoms with Crippen LogP contribution in [-0.2, 0) is 4.74 Å². The lowest BCUT2D eigenvalue weighted by atomic mass is 10.1. The molecule has 0 aromatic heterocycles. The molecule has 96 valence electrons. The van der Waals surface area contributed by atoms with Gasteiger partial charge in [-0.3, -0.25) is 4.90 Å². The molecule has 1 aliphatic heterocycles. The average Bonchev–Trinajstić information content (AvgIpc) is 3.02. The van der Waals surface area contributed by atoms with E-state index in [-0.39, 0.29) is 12.4 Å². The van der Waals surface area contributed by atoms with Crippen LogP contribution in [0.25, 0.3) is 0 Å². The third kappa shape index (κ3) is 4.21. The second-order valence-electron chi connectivity index (χ2n) is 5.04. The molecular weight excluding hydrogens is 224 g/mol. The number of halogens is 1. The van der Waals surface area contributed by atoms with Gasteiger partial charge in [0.05, 0.1) is 6.61 Å². The minimum Gasteiger partial charge on any atom is -0.380 e. The van der Waals surface area contributed by atoms with E-state index in [0.717, 1.165) is 38.8 Å². The normalized spacial score (nSPS) is 31.1. The van der Waals surface area contributed by atoms with Gasteiger partial charge in [0.15, 0.2) is 0 Å². The van der Waals surface area contributed by atoms with Crippen LogP contribution in [0.15, 0.2) is 0 Å². The monoisotopic (exact) mass is 248 g/mol. The summed E-state index contributed by atoms with van der Waals surface area (Å²) in [6.45, 7) is 9.86. The first-order chi connectivity index (χ1) is 7.27. The molecule has 0 amide bonds. The second kappa shape index (κ2) is 6.80. The van der Waals surface area contributed by atoms with Crippen molar-refractivity contribution in [1.29, 1.82) is 0 Å². The summed E-state index contributed by atoms with van der Waals surface area (Å²) >= 11 is 0. The van der Waals surface area contributed by atoms with E-state index in [9.17, 15) is 0 Å². The van der Waals surface area contributed by atoms with Crippen molar-refractivity contribution in [2.75, 3.05) is 32.8 Å². The summed E-state index contributed by atoms with van der Waals surface area (Å²) in [5, 5.41) is 3.50. The van der Waals surface area contributed by atoms with Gasteiger partial charge in [-0.2, -0.15) is 0 Å². The lowest BCUT2D eigenvalue weighted by Crippen LogP contribution is -2.55. The van der Waals surface area contributed by atoms with Crippen LogP contribution in [0.4, 0.5) is 0 Å². The van der Waals surface area contributed by atoms with Gasteiger partial charge in [0.2, 0.25) is 0 Å². The predicted octanol–water partition coefficient (Wildman–Crippen LogP) is 1.52. The van der Waals surface area contributed by atoms with Gasteiger partial charge in [-0.05, 0) is 32.6 Å². The minimum atomic E-state index is 0. The van der Waals surface area contributed by atoms with Crippen molar-refractivity contribution in [3.05, 3.63) is 0 Å². The van der Waals surface area contributed by atoms with Crippen molar-refractivity contribution in [3.63, 3.8) is 0 Å². The molecule has 0 radical (unpaired) electrons. The summed E-state index contributed by atoms with van der Waals surface area (Å²) in [5.74, 6) is 0.893. The Hall–Kier alpha value is 0.170. The standard InChI is InChI=1S/C12H24N2O.ClH/c1-10-11(2)14(6-5-13-10)7-8-15-9-12-3-4-12;/h10-13H,3-9H2,1-2H3;1H. The number of nitrogens with one attached hydrogen (secondary N) is 1. The molecule has 2 atom stereocenters. The Balaban J connectivity index is 0.00000128. The number of ether oxygens (including phenoxy) is 1. The molecule has 1 aliphatic carbocycles. The maximum atomic E-state index is 5.68. The SMILES string of the molecule is CC1NCCN(CCOCC2CC2)C1C.Cl. The van der Waals surface area contributed by atoms with Crippen LogP contribution in [0.3, 0.4) is 0 Å². The van der Waals surface area contributed by atoms with Gasteiger partial charge in [0.25, 0.3) is 0 Å². The summed E-state index contributed by atoms with van der Waals surface area (Å²) in [4.78, 5) is 2.54. The first-order valence-corrected chi connectivity index (χ1v) is 6.32. The van der Waals surface area contributed by atoms with Gasteiger partial charge < -0.3 is 10.1 Å². The largest absolute Gasteiger partial charge is 0.380 e. The van der Waals surface area contributed by atoms with Crippen LogP contribution >= 0.6 is 12.4 Å². The average molecular weight is 249 g/mol. The number of piperazine rings is 1. The Morgan fingerprint density at radius 2 is 2.06 bits per heavy atom. The zero-order chi connectivity index (χ0) is 10.7. The van der Waals surface area contributed by atoms with Crippen LogP contribution in [0, 0.1) is 5.92 Å². The molecule has 1 saturated heterocycles. The first-order valence-electron chi connectivity index (χ1n) is 6.32. The third-order valence-corrected chi connectivity index (χ3v) is 3.74. The van der Waals surface area contributed by atoms with E-state index in [4.69, 9.17) is 4.74 Å². The fourth-order valence-corrected chi connectivity index (χ4v) is 2.16. The Morgan fingerprint density at radius 1 is 1.31 bits per heavy atom. The molecule has 2 aliphatic rings. The zero-order valence-corrected chi connectivity index (χ0v) is 11.3. The number of hydrogen-bond acceptors (Lipinski definition) is 3. The molecule has 1 N–H and O–H groups in total. The van der Waals surface area contributed by atoms with Crippen LogP contribution in [0.2, 0.25) is 0 Å². The molecule has 4 heteroatoms. The highest BCUT2D eigenvalue weighted by Crippen LogP contribution is 2.28. The van der Waals surface area contributed by atoms with Gasteiger partial charge in [0.1, 0.15) is 0 Å². The van der Waals surface area contributed by atoms with Gasteiger partial charge in [-0.25, -0.2) is 0 Å². The molecule has 3 nitrogen and oxygen atoms in total. The van der Waals surface area contributed by atoms with Crippen LogP contribution in [0.5, 0.6) is 0 Å². The van der Waals surface area contributed by atoms with Crippen molar-refractivity contribution in [3.8, 4) is 0 Å². The van der Waals surface area contributed by atoms with Crippen molar-refractivity contribution < 1.29 is 4.74 Å². The smallest absolute Gasteiger partial charge is 0.0593 e. The second-order valence-corrected chi connectivity index (χ2v) is 5.04. The lowest BCUT2D eigenvalue weighted by molar-refractivity contribution is 0.0650. The highest BCUT2D eigenvalue weighted by molar-refractivity contribution is 5.85. The van der Waals surface area contributed by atoms with E-state index in [1.165, 1.54) is 12.8 Å². The van der Waals surface area contributed by atoms with E-state index in [1.54, 1.807) is 0 Å². The highest BCUT2D eigenvalue weighted by atomic mass is 35.5. The topological polar surface area (TPSA) is 24.5 Å². The molecule has 0 aromatic carbocycles. The van der Waals surface area contributed by atoms with Crippen LogP contribution in [-0.4, -0.2) is 49.8 Å². The lowest BCUT2D eigenvalue weighted by Gasteiger charge is -2.38. The van der Waals surface area contributed by atoms with Crippen molar-refractivity contribution in [2.24, 2.45) is 5.92 Å². The zero-order valence-electron chi connectivity index (χ0n) is 10.4. The van der Waals surface area contributed by atoms with Gasteiger partial charge >= 0.3 is 0 Å². The van der Waals surface area contributed by atoms with Crippen LogP contribution in [0.1, 0.15) is 26.7 Å². The minimum absolute atomic E-state index is 0. The molecule has 1 saturated carbocycles. The fourth-order valence-electron chi connectivity index (χ4n) is 2.16. The number of hydrogen-bond donors (Lipinski definition) is 1. The summed E-state index contributed by atoms with van der Waals surface area (Å²) in [6.07, 6.45) is 2.78. The summed E-state index contributed by atoms with van der Waals surface area (Å²) in [6, 6.07) is 1.26. The van der Waals surface area contributed by atoms with E-state index >= 15 is 0 Å². The predicted molar refractivity (Wildman–Crippen MR) is 69.3 cm³/mol. The first kappa shape index (κ1) is 14.2. The summed E-state index contributed by atoms with van der Waals surface area (Å²) in [7, 11) is 0. The molecule has 0 spiro atoms. The Bertz CT molecular complexity index is 199. The van der Waals surface area contributed by atoms with E-state index < -0.39 is 0 Å². The molecule has 0 bridgehead atoms. The van der Waals surface area contributed by atoms with E-state index in [1.807, 2.05) is 0 Å². The summed E-state index contributed by atoms with van der Waals surface area (Å²) in [5.41, 5.74) is 0. The molecular formula is C12H25ClN2O. The maximum Gasteiger partial charge on any atom is 0.0593 e. The molecule has 2 unspecified atom stereocenters. The van der Waals surface area contributed by atoms with Crippen molar-refractivity contribution in [1.82, 2.24) is 10.2 Å². The van der Waals surface area contributed by atoms with Gasteiger partial charge in [-0.15, -0.1) is 12.4 Å². The Morgan fingerprint density at radius 3 is 2.75 bits per heavy atom.